The molecule has 1 aromatic heterocycles. The number of halogens is 2. The van der Waals surface area contributed by atoms with Crippen LogP contribution in [-0.2, 0) is 0 Å². The highest BCUT2D eigenvalue weighted by Gasteiger charge is 2.06. The van der Waals surface area contributed by atoms with Gasteiger partial charge in [-0.1, -0.05) is 29.8 Å². The van der Waals surface area contributed by atoms with Gasteiger partial charge in [0.25, 0.3) is 0 Å². The molecule has 0 aliphatic heterocycles. The maximum atomic E-state index is 6.05. The van der Waals surface area contributed by atoms with Crippen molar-refractivity contribution in [1.29, 1.82) is 0 Å². The van der Waals surface area contributed by atoms with Crippen LogP contribution in [0.5, 0.6) is 0 Å². The zero-order valence-corrected chi connectivity index (χ0v) is 9.06. The van der Waals surface area contributed by atoms with E-state index in [9.17, 15) is 0 Å². The minimum Gasteiger partial charge on any atom is -0.366 e. The maximum Gasteiger partial charge on any atom is 0.0485 e. The highest BCUT2D eigenvalue weighted by Crippen LogP contribution is 2.32. The second kappa shape index (κ2) is 3.56. The number of aromatic amines is 1. The molecule has 2 rings (SSSR count). The van der Waals surface area contributed by atoms with Crippen molar-refractivity contribution in [1.82, 2.24) is 4.98 Å². The third-order valence-corrected chi connectivity index (χ3v) is 2.84. The molecule has 0 bridgehead atoms. The fourth-order valence-corrected chi connectivity index (χ4v) is 1.93. The summed E-state index contributed by atoms with van der Waals surface area (Å²) in [5, 5.41) is 0.766. The van der Waals surface area contributed by atoms with Crippen LogP contribution < -0.4 is 0 Å². The number of hydrogen-bond donors (Lipinski definition) is 1. The fourth-order valence-electron chi connectivity index (χ4n) is 1.23. The largest absolute Gasteiger partial charge is 0.366 e. The van der Waals surface area contributed by atoms with Gasteiger partial charge >= 0.3 is 0 Å². The summed E-state index contributed by atoms with van der Waals surface area (Å²) in [6.45, 7) is 0. The molecule has 0 unspecified atom stereocenters. The minimum absolute atomic E-state index is 0.766. The van der Waals surface area contributed by atoms with E-state index in [1.807, 2.05) is 36.7 Å². The topological polar surface area (TPSA) is 15.8 Å². The van der Waals surface area contributed by atoms with Gasteiger partial charge in [0.2, 0.25) is 0 Å². The van der Waals surface area contributed by atoms with Gasteiger partial charge in [-0.25, -0.2) is 0 Å². The molecule has 0 spiro atoms. The van der Waals surface area contributed by atoms with Crippen molar-refractivity contribution in [3.05, 3.63) is 46.2 Å². The van der Waals surface area contributed by atoms with E-state index in [1.165, 1.54) is 0 Å². The van der Waals surface area contributed by atoms with E-state index in [2.05, 4.69) is 20.9 Å². The van der Waals surface area contributed by atoms with E-state index < -0.39 is 0 Å². The first kappa shape index (κ1) is 8.85. The molecule has 0 radical (unpaired) electrons. The molecular weight excluding hydrogens is 249 g/mol. The van der Waals surface area contributed by atoms with Crippen molar-refractivity contribution in [3.63, 3.8) is 0 Å². The van der Waals surface area contributed by atoms with Crippen LogP contribution in [0.4, 0.5) is 0 Å². The summed E-state index contributed by atoms with van der Waals surface area (Å²) >= 11 is 9.50. The molecule has 1 nitrogen and oxygen atoms in total. The fraction of sp³-hybridized carbons (Fsp3) is 0. The van der Waals surface area contributed by atoms with Crippen molar-refractivity contribution in [3.8, 4) is 11.1 Å². The molecule has 0 aliphatic rings. The normalized spacial score (nSPS) is 10.3. The number of nitrogens with one attached hydrogen (secondary N) is 1. The molecule has 1 N–H and O–H groups in total. The van der Waals surface area contributed by atoms with Gasteiger partial charge in [-0.3, -0.25) is 0 Å². The molecule has 0 aliphatic carbocycles. The van der Waals surface area contributed by atoms with E-state index in [-0.39, 0.29) is 0 Å². The van der Waals surface area contributed by atoms with Gasteiger partial charge in [0, 0.05) is 33.0 Å². The van der Waals surface area contributed by atoms with Crippen LogP contribution in [0.3, 0.4) is 0 Å². The van der Waals surface area contributed by atoms with E-state index >= 15 is 0 Å². The molecule has 0 fully saturated rings. The van der Waals surface area contributed by atoms with Gasteiger partial charge in [0.15, 0.2) is 0 Å². The van der Waals surface area contributed by atoms with Crippen LogP contribution in [0.2, 0.25) is 5.02 Å². The van der Waals surface area contributed by atoms with Gasteiger partial charge in [0.1, 0.15) is 0 Å². The molecule has 2 aromatic rings. The molecule has 0 saturated heterocycles. The Morgan fingerprint density at radius 2 is 1.85 bits per heavy atom. The second-order valence-corrected chi connectivity index (χ2v) is 3.96. The number of aromatic nitrogens is 1. The van der Waals surface area contributed by atoms with Gasteiger partial charge in [0.05, 0.1) is 0 Å². The van der Waals surface area contributed by atoms with Gasteiger partial charge in [-0.15, -0.1) is 0 Å². The Hall–Kier alpha value is -0.730. The molecule has 1 aromatic carbocycles. The van der Waals surface area contributed by atoms with Crippen molar-refractivity contribution >= 4 is 27.5 Å². The molecule has 13 heavy (non-hydrogen) atoms. The third kappa shape index (κ3) is 1.64. The predicted molar refractivity (Wildman–Crippen MR) is 58.9 cm³/mol. The molecule has 0 saturated carbocycles. The lowest BCUT2D eigenvalue weighted by atomic mass is 10.1. The summed E-state index contributed by atoms with van der Waals surface area (Å²) in [7, 11) is 0. The Labute approximate surface area is 89.9 Å². The zero-order chi connectivity index (χ0) is 9.26. The Balaban J connectivity index is 2.59. The van der Waals surface area contributed by atoms with E-state index in [0.717, 1.165) is 20.6 Å². The Morgan fingerprint density at radius 1 is 1.08 bits per heavy atom. The van der Waals surface area contributed by atoms with Crippen LogP contribution in [0.15, 0.2) is 41.1 Å². The lowest BCUT2D eigenvalue weighted by Gasteiger charge is -2.01. The van der Waals surface area contributed by atoms with E-state index in [4.69, 9.17) is 11.6 Å². The number of hydrogen-bond acceptors (Lipinski definition) is 0. The van der Waals surface area contributed by atoms with Crippen molar-refractivity contribution < 1.29 is 0 Å². The van der Waals surface area contributed by atoms with Crippen LogP contribution in [0, 0.1) is 0 Å². The van der Waals surface area contributed by atoms with Gasteiger partial charge in [-0.2, -0.15) is 0 Å². The Bertz CT molecular complexity index is 422. The first-order valence-corrected chi connectivity index (χ1v) is 5.03. The average Bonchev–Trinajstić information content (AvgIpc) is 2.52. The summed E-state index contributed by atoms with van der Waals surface area (Å²) < 4.78 is 1.03. The molecule has 0 amide bonds. The molecule has 0 atom stereocenters. The number of benzene rings is 1. The molecule has 3 heteroatoms. The van der Waals surface area contributed by atoms with E-state index in [0.29, 0.717) is 0 Å². The van der Waals surface area contributed by atoms with E-state index in [1.54, 1.807) is 0 Å². The lowest BCUT2D eigenvalue weighted by molar-refractivity contribution is 1.41. The monoisotopic (exact) mass is 255 g/mol. The standard InChI is InChI=1S/C10H7BrClN/c11-9-6-13-5-8(9)7-3-1-2-4-10(7)12/h1-6,13H. The van der Waals surface area contributed by atoms with Crippen LogP contribution in [0.25, 0.3) is 11.1 Å². The molecular formula is C10H7BrClN. The highest BCUT2D eigenvalue weighted by molar-refractivity contribution is 9.10. The van der Waals surface area contributed by atoms with Crippen LogP contribution in [-0.4, -0.2) is 4.98 Å². The second-order valence-electron chi connectivity index (χ2n) is 2.70. The number of rotatable bonds is 1. The van der Waals surface area contributed by atoms with Crippen molar-refractivity contribution in [2.24, 2.45) is 0 Å². The molecule has 1 heterocycles. The predicted octanol–water partition coefficient (Wildman–Crippen LogP) is 4.10. The number of H-pyrrole nitrogens is 1. The quantitative estimate of drug-likeness (QED) is 0.791. The third-order valence-electron chi connectivity index (χ3n) is 1.86. The zero-order valence-electron chi connectivity index (χ0n) is 6.72. The first-order chi connectivity index (χ1) is 6.29. The summed E-state index contributed by atoms with van der Waals surface area (Å²) in [6.07, 6.45) is 3.81. The minimum atomic E-state index is 0.766. The van der Waals surface area contributed by atoms with Crippen LogP contribution >= 0.6 is 27.5 Å². The summed E-state index contributed by atoms with van der Waals surface area (Å²) in [4.78, 5) is 3.02. The maximum absolute atomic E-state index is 6.05. The average molecular weight is 257 g/mol. The lowest BCUT2D eigenvalue weighted by Crippen LogP contribution is -1.75. The Morgan fingerprint density at radius 3 is 2.46 bits per heavy atom. The summed E-state index contributed by atoms with van der Waals surface area (Å²) in [5.74, 6) is 0. The van der Waals surface area contributed by atoms with Crippen molar-refractivity contribution in [2.45, 2.75) is 0 Å². The van der Waals surface area contributed by atoms with Crippen LogP contribution in [0.1, 0.15) is 0 Å². The smallest absolute Gasteiger partial charge is 0.0485 e. The summed E-state index contributed by atoms with van der Waals surface area (Å²) in [6, 6.07) is 7.78. The van der Waals surface area contributed by atoms with Gasteiger partial charge in [-0.05, 0) is 22.0 Å². The van der Waals surface area contributed by atoms with Gasteiger partial charge < -0.3 is 4.98 Å². The molecule has 66 valence electrons. The SMILES string of the molecule is Clc1ccccc1-c1c[nH]cc1Br. The Kier molecular flexibility index (Phi) is 2.42. The highest BCUT2D eigenvalue weighted by atomic mass is 79.9. The summed E-state index contributed by atoms with van der Waals surface area (Å²) in [5.41, 5.74) is 2.13. The first-order valence-electron chi connectivity index (χ1n) is 3.86. The van der Waals surface area contributed by atoms with Crippen molar-refractivity contribution in [2.75, 3.05) is 0 Å².